The average molecular weight is 224 g/mol. The lowest BCUT2D eigenvalue weighted by Crippen LogP contribution is -2.22. The van der Waals surface area contributed by atoms with Gasteiger partial charge in [0, 0.05) is 5.56 Å². The number of halogens is 1. The van der Waals surface area contributed by atoms with Gasteiger partial charge < -0.3 is 10.2 Å². The van der Waals surface area contributed by atoms with Crippen molar-refractivity contribution in [1.29, 1.82) is 0 Å². The summed E-state index contributed by atoms with van der Waals surface area (Å²) < 4.78 is 13.7. The van der Waals surface area contributed by atoms with E-state index in [1.165, 1.54) is 6.07 Å². The van der Waals surface area contributed by atoms with Gasteiger partial charge >= 0.3 is 0 Å². The highest BCUT2D eigenvalue weighted by molar-refractivity contribution is 5.34. The largest absolute Gasteiger partial charge is 0.390 e. The summed E-state index contributed by atoms with van der Waals surface area (Å²) in [5.74, 6) is -0.292. The molecule has 2 nitrogen and oxygen atoms in total. The Morgan fingerprint density at radius 1 is 1.25 bits per heavy atom. The second-order valence-electron chi connectivity index (χ2n) is 4.75. The third kappa shape index (κ3) is 2.11. The minimum absolute atomic E-state index is 0.134. The fourth-order valence-corrected chi connectivity index (χ4v) is 2.17. The molecule has 2 rings (SSSR count). The van der Waals surface area contributed by atoms with Gasteiger partial charge in [0.1, 0.15) is 11.9 Å². The number of aliphatic hydroxyl groups excluding tert-OH is 2. The molecule has 1 fully saturated rings. The first-order valence-electron chi connectivity index (χ1n) is 5.63. The van der Waals surface area contributed by atoms with Gasteiger partial charge in [0.25, 0.3) is 0 Å². The first-order chi connectivity index (χ1) is 7.50. The van der Waals surface area contributed by atoms with Crippen molar-refractivity contribution in [2.75, 3.05) is 0 Å². The highest BCUT2D eigenvalue weighted by Crippen LogP contribution is 2.39. The lowest BCUT2D eigenvalue weighted by Gasteiger charge is -2.20. The Morgan fingerprint density at radius 3 is 2.38 bits per heavy atom. The topological polar surface area (TPSA) is 40.5 Å². The Balaban J connectivity index is 2.31. The summed E-state index contributed by atoms with van der Waals surface area (Å²) in [6.45, 7) is 3.57. The van der Waals surface area contributed by atoms with Gasteiger partial charge in [-0.1, -0.05) is 6.07 Å². The number of benzene rings is 1. The molecule has 1 aromatic rings. The standard InChI is InChI=1S/C13H17FO2/c1-7-5-8(2)11(10(14)6-7)13(16)12(15)9-3-4-9/h5-6,9,12-13,15-16H,3-4H2,1-2H3. The van der Waals surface area contributed by atoms with Crippen molar-refractivity contribution < 1.29 is 14.6 Å². The summed E-state index contributed by atoms with van der Waals surface area (Å²) in [6.07, 6.45) is -0.0980. The molecule has 0 heterocycles. The zero-order valence-corrected chi connectivity index (χ0v) is 9.57. The second-order valence-corrected chi connectivity index (χ2v) is 4.75. The maximum absolute atomic E-state index is 13.7. The molecule has 1 aliphatic carbocycles. The summed E-state index contributed by atoms with van der Waals surface area (Å²) >= 11 is 0. The van der Waals surface area contributed by atoms with Crippen LogP contribution in [0.5, 0.6) is 0 Å². The molecule has 0 aliphatic heterocycles. The van der Waals surface area contributed by atoms with Gasteiger partial charge in [-0.15, -0.1) is 0 Å². The molecule has 2 N–H and O–H groups in total. The van der Waals surface area contributed by atoms with Crippen molar-refractivity contribution in [1.82, 2.24) is 0 Å². The van der Waals surface area contributed by atoms with Crippen molar-refractivity contribution in [3.05, 3.63) is 34.6 Å². The van der Waals surface area contributed by atoms with Crippen LogP contribution in [-0.2, 0) is 0 Å². The monoisotopic (exact) mass is 224 g/mol. The lowest BCUT2D eigenvalue weighted by molar-refractivity contribution is 0.00253. The summed E-state index contributed by atoms with van der Waals surface area (Å²) in [6, 6.07) is 3.21. The lowest BCUT2D eigenvalue weighted by atomic mass is 9.95. The smallest absolute Gasteiger partial charge is 0.129 e. The molecular formula is C13H17FO2. The van der Waals surface area contributed by atoms with E-state index in [1.807, 2.05) is 13.0 Å². The number of hydrogen-bond acceptors (Lipinski definition) is 2. The SMILES string of the molecule is Cc1cc(C)c(C(O)C(O)C2CC2)c(F)c1. The van der Waals surface area contributed by atoms with Gasteiger partial charge in [0.2, 0.25) is 0 Å². The normalized spacial score (nSPS) is 19.6. The van der Waals surface area contributed by atoms with Crippen LogP contribution < -0.4 is 0 Å². The van der Waals surface area contributed by atoms with Gasteiger partial charge in [0.05, 0.1) is 6.10 Å². The van der Waals surface area contributed by atoms with Crippen LogP contribution in [0.15, 0.2) is 12.1 Å². The van der Waals surface area contributed by atoms with E-state index in [4.69, 9.17) is 0 Å². The van der Waals surface area contributed by atoms with Crippen LogP contribution in [-0.4, -0.2) is 16.3 Å². The Labute approximate surface area is 94.7 Å². The Morgan fingerprint density at radius 2 is 1.88 bits per heavy atom. The minimum atomic E-state index is -1.10. The third-order valence-electron chi connectivity index (χ3n) is 3.20. The summed E-state index contributed by atoms with van der Waals surface area (Å²) in [4.78, 5) is 0. The van der Waals surface area contributed by atoms with Gasteiger partial charge in [-0.3, -0.25) is 0 Å². The molecule has 1 aromatic carbocycles. The number of rotatable bonds is 3. The molecule has 0 bridgehead atoms. The zero-order valence-electron chi connectivity index (χ0n) is 9.57. The zero-order chi connectivity index (χ0) is 11.9. The van der Waals surface area contributed by atoms with Crippen molar-refractivity contribution in [3.63, 3.8) is 0 Å². The van der Waals surface area contributed by atoms with Crippen molar-refractivity contribution in [2.45, 2.75) is 38.9 Å². The molecule has 0 radical (unpaired) electrons. The van der Waals surface area contributed by atoms with E-state index in [0.717, 1.165) is 18.4 Å². The highest BCUT2D eigenvalue weighted by Gasteiger charge is 2.36. The van der Waals surface area contributed by atoms with Crippen molar-refractivity contribution in [2.24, 2.45) is 5.92 Å². The average Bonchev–Trinajstić information content (AvgIpc) is 2.97. The third-order valence-corrected chi connectivity index (χ3v) is 3.20. The molecule has 0 aromatic heterocycles. The molecule has 1 saturated carbocycles. The minimum Gasteiger partial charge on any atom is -0.390 e. The first-order valence-corrected chi connectivity index (χ1v) is 5.63. The molecule has 0 saturated heterocycles. The predicted molar refractivity (Wildman–Crippen MR) is 59.6 cm³/mol. The van der Waals surface area contributed by atoms with E-state index >= 15 is 0 Å². The van der Waals surface area contributed by atoms with Crippen molar-refractivity contribution in [3.8, 4) is 0 Å². The molecule has 2 atom stereocenters. The predicted octanol–water partition coefficient (Wildman–Crippen LogP) is 2.25. The van der Waals surface area contributed by atoms with Gasteiger partial charge in [-0.2, -0.15) is 0 Å². The highest BCUT2D eigenvalue weighted by atomic mass is 19.1. The van der Waals surface area contributed by atoms with E-state index in [1.54, 1.807) is 6.92 Å². The van der Waals surface area contributed by atoms with Crippen LogP contribution in [0.25, 0.3) is 0 Å². The van der Waals surface area contributed by atoms with Crippen LogP contribution in [0.4, 0.5) is 4.39 Å². The van der Waals surface area contributed by atoms with Crippen LogP contribution in [0.3, 0.4) is 0 Å². The summed E-state index contributed by atoms with van der Waals surface area (Å²) in [5.41, 5.74) is 1.77. The molecule has 1 aliphatic rings. The van der Waals surface area contributed by atoms with Crippen LogP contribution in [0.2, 0.25) is 0 Å². The van der Waals surface area contributed by atoms with E-state index in [9.17, 15) is 14.6 Å². The fraction of sp³-hybridized carbons (Fsp3) is 0.538. The maximum atomic E-state index is 13.7. The van der Waals surface area contributed by atoms with Crippen LogP contribution in [0, 0.1) is 25.6 Å². The molecule has 0 spiro atoms. The Bertz CT molecular complexity index is 376. The van der Waals surface area contributed by atoms with Crippen molar-refractivity contribution >= 4 is 0 Å². The number of aryl methyl sites for hydroxylation is 2. The molecule has 0 amide bonds. The van der Waals surface area contributed by atoms with E-state index < -0.39 is 18.0 Å². The van der Waals surface area contributed by atoms with Crippen LogP contribution in [0.1, 0.15) is 35.6 Å². The summed E-state index contributed by atoms with van der Waals surface area (Å²) in [7, 11) is 0. The van der Waals surface area contributed by atoms with Gasteiger partial charge in [0.15, 0.2) is 0 Å². The first kappa shape index (κ1) is 11.6. The number of aliphatic hydroxyl groups is 2. The van der Waals surface area contributed by atoms with E-state index in [-0.39, 0.29) is 11.5 Å². The molecule has 3 heteroatoms. The Kier molecular flexibility index (Phi) is 3.00. The number of hydrogen-bond donors (Lipinski definition) is 2. The van der Waals surface area contributed by atoms with Gasteiger partial charge in [-0.25, -0.2) is 4.39 Å². The summed E-state index contributed by atoms with van der Waals surface area (Å²) in [5, 5.41) is 19.8. The molecule has 16 heavy (non-hydrogen) atoms. The Hall–Kier alpha value is -0.930. The maximum Gasteiger partial charge on any atom is 0.129 e. The van der Waals surface area contributed by atoms with Gasteiger partial charge in [-0.05, 0) is 49.8 Å². The van der Waals surface area contributed by atoms with E-state index in [0.29, 0.717) is 5.56 Å². The molecular weight excluding hydrogens is 207 g/mol. The molecule has 2 unspecified atom stereocenters. The fourth-order valence-electron chi connectivity index (χ4n) is 2.17. The van der Waals surface area contributed by atoms with E-state index in [2.05, 4.69) is 0 Å². The van der Waals surface area contributed by atoms with Crippen LogP contribution >= 0.6 is 0 Å². The second kappa shape index (κ2) is 4.15. The quantitative estimate of drug-likeness (QED) is 0.826. The molecule has 88 valence electrons.